The van der Waals surface area contributed by atoms with Crippen molar-refractivity contribution in [2.24, 2.45) is 0 Å². The van der Waals surface area contributed by atoms with Gasteiger partial charge in [-0.25, -0.2) is 9.97 Å². The molecule has 3 rings (SSSR count). The van der Waals surface area contributed by atoms with Crippen LogP contribution in [0.3, 0.4) is 0 Å². The first kappa shape index (κ1) is 14.5. The van der Waals surface area contributed by atoms with Gasteiger partial charge in [-0.2, -0.15) is 0 Å². The number of nitrogens with zero attached hydrogens (tertiary/aromatic N) is 3. The van der Waals surface area contributed by atoms with Crippen LogP contribution in [0.2, 0.25) is 0 Å². The van der Waals surface area contributed by atoms with Gasteiger partial charge in [0.15, 0.2) is 5.65 Å². The van der Waals surface area contributed by atoms with Gasteiger partial charge >= 0.3 is 0 Å². The summed E-state index contributed by atoms with van der Waals surface area (Å²) in [6.07, 6.45) is 2.76. The number of imidazole rings is 1. The van der Waals surface area contributed by atoms with E-state index in [1.54, 1.807) is 6.20 Å². The van der Waals surface area contributed by atoms with Crippen molar-refractivity contribution >= 4 is 38.7 Å². The van der Waals surface area contributed by atoms with Gasteiger partial charge in [0.05, 0.1) is 11.9 Å². The van der Waals surface area contributed by atoms with E-state index in [2.05, 4.69) is 61.7 Å². The van der Waals surface area contributed by atoms with E-state index in [0.717, 1.165) is 27.9 Å². The van der Waals surface area contributed by atoms with E-state index in [1.807, 2.05) is 12.1 Å². The summed E-state index contributed by atoms with van der Waals surface area (Å²) >= 11 is 9.55. The average molecular weight is 365 g/mol. The Morgan fingerprint density at radius 1 is 1.29 bits per heavy atom. The SMILES string of the molecule is CCC(c1ccccc1)n1c(CCl)nc2cc(Br)cnc21. The van der Waals surface area contributed by atoms with E-state index in [-0.39, 0.29) is 6.04 Å². The molecule has 0 saturated carbocycles. The Bertz CT molecular complexity index is 755. The molecule has 1 atom stereocenters. The Kier molecular flexibility index (Phi) is 4.27. The number of halogens is 2. The summed E-state index contributed by atoms with van der Waals surface area (Å²) in [5.74, 6) is 1.23. The monoisotopic (exact) mass is 363 g/mol. The lowest BCUT2D eigenvalue weighted by molar-refractivity contribution is 0.561. The Morgan fingerprint density at radius 3 is 2.71 bits per heavy atom. The standard InChI is InChI=1S/C16H15BrClN3/c1-2-14(11-6-4-3-5-7-11)21-15(9-18)20-13-8-12(17)10-19-16(13)21/h3-8,10,14H,2,9H2,1H3. The van der Waals surface area contributed by atoms with Crippen LogP contribution in [0.5, 0.6) is 0 Å². The minimum Gasteiger partial charge on any atom is -0.304 e. The van der Waals surface area contributed by atoms with Crippen molar-refractivity contribution in [1.29, 1.82) is 0 Å². The van der Waals surface area contributed by atoms with Crippen molar-refractivity contribution in [3.8, 4) is 0 Å². The van der Waals surface area contributed by atoms with Gasteiger partial charge in [-0.05, 0) is 34.0 Å². The van der Waals surface area contributed by atoms with Crippen LogP contribution >= 0.6 is 27.5 Å². The second-order valence-corrected chi connectivity index (χ2v) is 6.05. The highest BCUT2D eigenvalue weighted by Crippen LogP contribution is 2.29. The molecule has 21 heavy (non-hydrogen) atoms. The lowest BCUT2D eigenvalue weighted by atomic mass is 10.0. The number of benzene rings is 1. The second-order valence-electron chi connectivity index (χ2n) is 4.86. The Morgan fingerprint density at radius 2 is 2.05 bits per heavy atom. The summed E-state index contributed by atoms with van der Waals surface area (Å²) in [6.45, 7) is 2.17. The largest absolute Gasteiger partial charge is 0.304 e. The Balaban J connectivity index is 2.22. The smallest absolute Gasteiger partial charge is 0.160 e. The molecule has 0 fully saturated rings. The summed E-state index contributed by atoms with van der Waals surface area (Å²) in [4.78, 5) is 9.16. The number of hydrogen-bond donors (Lipinski definition) is 0. The van der Waals surface area contributed by atoms with Gasteiger partial charge in [-0.1, -0.05) is 37.3 Å². The van der Waals surface area contributed by atoms with Gasteiger partial charge in [-0.3, -0.25) is 0 Å². The molecule has 0 amide bonds. The molecule has 1 unspecified atom stereocenters. The molecule has 0 aliphatic rings. The topological polar surface area (TPSA) is 30.7 Å². The second kappa shape index (κ2) is 6.16. The number of pyridine rings is 1. The normalized spacial score (nSPS) is 12.7. The van der Waals surface area contributed by atoms with Gasteiger partial charge in [0.25, 0.3) is 0 Å². The third-order valence-corrected chi connectivity index (χ3v) is 4.24. The first-order valence-electron chi connectivity index (χ1n) is 6.87. The van der Waals surface area contributed by atoms with E-state index < -0.39 is 0 Å². The molecule has 0 aliphatic carbocycles. The number of hydrogen-bond acceptors (Lipinski definition) is 2. The fraction of sp³-hybridized carbons (Fsp3) is 0.250. The maximum Gasteiger partial charge on any atom is 0.160 e. The summed E-state index contributed by atoms with van der Waals surface area (Å²) in [6, 6.07) is 12.6. The molecule has 108 valence electrons. The first-order chi connectivity index (χ1) is 10.2. The van der Waals surface area contributed by atoms with Crippen molar-refractivity contribution in [2.75, 3.05) is 0 Å². The number of rotatable bonds is 4. The van der Waals surface area contributed by atoms with Crippen LogP contribution in [-0.2, 0) is 5.88 Å². The molecule has 3 nitrogen and oxygen atoms in total. The third-order valence-electron chi connectivity index (χ3n) is 3.57. The van der Waals surface area contributed by atoms with Crippen molar-refractivity contribution in [3.05, 3.63) is 58.5 Å². The van der Waals surface area contributed by atoms with Crippen LogP contribution in [0.15, 0.2) is 47.1 Å². The molecule has 0 saturated heterocycles. The van der Waals surface area contributed by atoms with Gasteiger partial charge in [0.1, 0.15) is 11.3 Å². The molecule has 0 N–H and O–H groups in total. The molecule has 3 aromatic rings. The van der Waals surface area contributed by atoms with Crippen LogP contribution in [0.1, 0.15) is 30.8 Å². The molecule has 5 heteroatoms. The van der Waals surface area contributed by atoms with Crippen LogP contribution in [0.25, 0.3) is 11.2 Å². The highest BCUT2D eigenvalue weighted by Gasteiger charge is 2.20. The van der Waals surface area contributed by atoms with Crippen molar-refractivity contribution in [3.63, 3.8) is 0 Å². The highest BCUT2D eigenvalue weighted by molar-refractivity contribution is 9.10. The molecular formula is C16H15BrClN3. The number of alkyl halides is 1. The van der Waals surface area contributed by atoms with Crippen molar-refractivity contribution in [1.82, 2.24) is 14.5 Å². The summed E-state index contributed by atoms with van der Waals surface area (Å²) in [5.41, 5.74) is 2.99. The predicted molar refractivity (Wildman–Crippen MR) is 89.7 cm³/mol. The van der Waals surface area contributed by atoms with Crippen molar-refractivity contribution in [2.45, 2.75) is 25.3 Å². The van der Waals surface area contributed by atoms with E-state index in [9.17, 15) is 0 Å². The van der Waals surface area contributed by atoms with E-state index in [0.29, 0.717) is 5.88 Å². The minimum atomic E-state index is 0.193. The zero-order valence-electron chi connectivity index (χ0n) is 11.6. The van der Waals surface area contributed by atoms with Gasteiger partial charge in [-0.15, -0.1) is 11.6 Å². The Hall–Kier alpha value is -1.39. The van der Waals surface area contributed by atoms with Gasteiger partial charge in [0.2, 0.25) is 0 Å². The van der Waals surface area contributed by atoms with E-state index in [4.69, 9.17) is 11.6 Å². The van der Waals surface area contributed by atoms with Crippen LogP contribution in [0, 0.1) is 0 Å². The predicted octanol–water partition coefficient (Wildman–Crippen LogP) is 4.93. The minimum absolute atomic E-state index is 0.193. The third kappa shape index (κ3) is 2.70. The molecule has 0 radical (unpaired) electrons. The fourth-order valence-electron chi connectivity index (χ4n) is 2.67. The first-order valence-corrected chi connectivity index (χ1v) is 8.20. The van der Waals surface area contributed by atoms with Gasteiger partial charge < -0.3 is 4.57 Å². The number of fused-ring (bicyclic) bond motifs is 1. The molecule has 0 bridgehead atoms. The van der Waals surface area contributed by atoms with Crippen LogP contribution < -0.4 is 0 Å². The average Bonchev–Trinajstić information content (AvgIpc) is 2.87. The molecule has 0 spiro atoms. The fourth-order valence-corrected chi connectivity index (χ4v) is 3.18. The summed E-state index contributed by atoms with van der Waals surface area (Å²) in [7, 11) is 0. The summed E-state index contributed by atoms with van der Waals surface area (Å²) < 4.78 is 3.08. The molecule has 0 aliphatic heterocycles. The van der Waals surface area contributed by atoms with E-state index in [1.165, 1.54) is 5.56 Å². The van der Waals surface area contributed by atoms with Crippen LogP contribution in [0.4, 0.5) is 0 Å². The Labute approximate surface area is 137 Å². The zero-order valence-corrected chi connectivity index (χ0v) is 14.0. The molecule has 1 aromatic carbocycles. The highest BCUT2D eigenvalue weighted by atomic mass is 79.9. The molecule has 2 heterocycles. The zero-order chi connectivity index (χ0) is 14.8. The van der Waals surface area contributed by atoms with Crippen molar-refractivity contribution < 1.29 is 0 Å². The number of aromatic nitrogens is 3. The molecular weight excluding hydrogens is 350 g/mol. The van der Waals surface area contributed by atoms with E-state index >= 15 is 0 Å². The summed E-state index contributed by atoms with van der Waals surface area (Å²) in [5, 5.41) is 0. The lowest BCUT2D eigenvalue weighted by Gasteiger charge is -2.20. The van der Waals surface area contributed by atoms with Gasteiger partial charge in [0, 0.05) is 10.7 Å². The quantitative estimate of drug-likeness (QED) is 0.614. The lowest BCUT2D eigenvalue weighted by Crippen LogP contribution is -2.13. The maximum absolute atomic E-state index is 6.11. The molecule has 2 aromatic heterocycles. The van der Waals surface area contributed by atoms with Crippen LogP contribution in [-0.4, -0.2) is 14.5 Å². The maximum atomic E-state index is 6.11.